The number of rotatable bonds is 2. The van der Waals surface area contributed by atoms with Gasteiger partial charge in [-0.3, -0.25) is 0 Å². The number of carbonyl (C=O) groups is 2. The van der Waals surface area contributed by atoms with Crippen molar-refractivity contribution < 1.29 is 36.9 Å². The van der Waals surface area contributed by atoms with Crippen LogP contribution in [0.3, 0.4) is 0 Å². The van der Waals surface area contributed by atoms with Gasteiger partial charge in [0.25, 0.3) is 0 Å². The standard InChI is InChI=1S/2C5H10N2O2.Cu/c2*8-5(9)4-3-6-1-2-7-4;/h2*4,6-7H,1-3H2,(H,8,9);/q;;+2/p-2. The van der Waals surface area contributed by atoms with Crippen molar-refractivity contribution in [2.45, 2.75) is 12.1 Å². The fraction of sp³-hybridized carbons (Fsp3) is 0.800. The van der Waals surface area contributed by atoms with Gasteiger partial charge >= 0.3 is 17.1 Å². The third kappa shape index (κ3) is 7.46. The Kier molecular flexibility index (Phi) is 9.76. The van der Waals surface area contributed by atoms with E-state index in [1.165, 1.54) is 0 Å². The molecule has 0 spiro atoms. The van der Waals surface area contributed by atoms with E-state index in [-0.39, 0.29) is 17.1 Å². The molecule has 0 aromatic rings. The first-order chi connectivity index (χ1) is 8.61. The number of hydrogen-bond donors (Lipinski definition) is 4. The van der Waals surface area contributed by atoms with E-state index in [4.69, 9.17) is 0 Å². The van der Waals surface area contributed by atoms with Crippen LogP contribution in [0.2, 0.25) is 0 Å². The van der Waals surface area contributed by atoms with Crippen molar-refractivity contribution in [1.29, 1.82) is 0 Å². The van der Waals surface area contributed by atoms with E-state index in [2.05, 4.69) is 21.3 Å². The van der Waals surface area contributed by atoms with Gasteiger partial charge in [0.05, 0.1) is 24.0 Å². The largest absolute Gasteiger partial charge is 2.00 e. The Morgan fingerprint density at radius 1 is 0.789 bits per heavy atom. The van der Waals surface area contributed by atoms with Crippen LogP contribution in [0.4, 0.5) is 0 Å². The summed E-state index contributed by atoms with van der Waals surface area (Å²) < 4.78 is 0. The van der Waals surface area contributed by atoms with E-state index >= 15 is 0 Å². The first-order valence-electron chi connectivity index (χ1n) is 5.91. The van der Waals surface area contributed by atoms with Gasteiger partial charge in [0, 0.05) is 39.3 Å². The molecule has 0 bridgehead atoms. The molecule has 2 rings (SSSR count). The maximum Gasteiger partial charge on any atom is 2.00 e. The van der Waals surface area contributed by atoms with Crippen LogP contribution in [-0.2, 0) is 26.7 Å². The molecule has 2 aliphatic heterocycles. The Balaban J connectivity index is 0.000000324. The van der Waals surface area contributed by atoms with Crippen LogP contribution in [0.25, 0.3) is 0 Å². The zero-order valence-corrected chi connectivity index (χ0v) is 11.3. The predicted octanol–water partition coefficient (Wildman–Crippen LogP) is -5.41. The van der Waals surface area contributed by atoms with Gasteiger partial charge < -0.3 is 41.1 Å². The number of carboxylic acid groups (broad SMARTS) is 2. The monoisotopic (exact) mass is 321 g/mol. The normalized spacial score (nSPS) is 26.3. The second-order valence-corrected chi connectivity index (χ2v) is 4.06. The van der Waals surface area contributed by atoms with E-state index < -0.39 is 24.0 Å². The van der Waals surface area contributed by atoms with Gasteiger partial charge in [-0.2, -0.15) is 0 Å². The van der Waals surface area contributed by atoms with E-state index in [1.54, 1.807) is 0 Å². The summed E-state index contributed by atoms with van der Waals surface area (Å²) in [5.74, 6) is -2.05. The molecule has 1 radical (unpaired) electrons. The molecule has 9 heteroatoms. The molecule has 19 heavy (non-hydrogen) atoms. The van der Waals surface area contributed by atoms with Crippen molar-refractivity contribution in [3.8, 4) is 0 Å². The average molecular weight is 322 g/mol. The number of carbonyl (C=O) groups excluding carboxylic acids is 2. The molecule has 8 nitrogen and oxygen atoms in total. The van der Waals surface area contributed by atoms with Crippen LogP contribution in [0.1, 0.15) is 0 Å². The number of nitrogens with one attached hydrogen (secondary N) is 4. The number of hydrogen-bond acceptors (Lipinski definition) is 8. The fourth-order valence-electron chi connectivity index (χ4n) is 1.64. The molecule has 2 saturated heterocycles. The number of aliphatic carboxylic acids is 2. The quantitative estimate of drug-likeness (QED) is 0.371. The average Bonchev–Trinajstić information content (AvgIpc) is 2.41. The topological polar surface area (TPSA) is 128 Å². The van der Waals surface area contributed by atoms with Gasteiger partial charge in [0.15, 0.2) is 0 Å². The van der Waals surface area contributed by atoms with Crippen molar-refractivity contribution in [2.75, 3.05) is 39.3 Å². The first kappa shape index (κ1) is 18.3. The second kappa shape index (κ2) is 10.1. The summed E-state index contributed by atoms with van der Waals surface area (Å²) in [6.45, 7) is 4.04. The summed E-state index contributed by atoms with van der Waals surface area (Å²) in [6, 6.07) is -1.00. The molecule has 0 aromatic carbocycles. The second-order valence-electron chi connectivity index (χ2n) is 4.06. The zero-order chi connectivity index (χ0) is 13.4. The molecular weight excluding hydrogens is 304 g/mol. The summed E-state index contributed by atoms with van der Waals surface area (Å²) in [7, 11) is 0. The maximum absolute atomic E-state index is 10.1. The van der Waals surface area contributed by atoms with Crippen molar-refractivity contribution in [3.05, 3.63) is 0 Å². The van der Waals surface area contributed by atoms with Gasteiger partial charge in [-0.25, -0.2) is 0 Å². The van der Waals surface area contributed by atoms with Crippen LogP contribution in [-0.4, -0.2) is 63.3 Å². The Bertz CT molecular complexity index is 253. The minimum Gasteiger partial charge on any atom is -0.548 e. The van der Waals surface area contributed by atoms with Gasteiger partial charge in [0.1, 0.15) is 0 Å². The minimum absolute atomic E-state index is 0. The van der Waals surface area contributed by atoms with Crippen LogP contribution in [0, 0.1) is 0 Å². The Labute approximate surface area is 122 Å². The van der Waals surface area contributed by atoms with Gasteiger partial charge in [-0.15, -0.1) is 0 Å². The van der Waals surface area contributed by atoms with Gasteiger partial charge in [-0.05, 0) is 0 Å². The molecule has 2 aliphatic rings. The van der Waals surface area contributed by atoms with Crippen LogP contribution < -0.4 is 31.5 Å². The number of carboxylic acids is 2. The molecule has 0 amide bonds. The van der Waals surface area contributed by atoms with Crippen molar-refractivity contribution in [2.24, 2.45) is 0 Å². The van der Waals surface area contributed by atoms with Crippen molar-refractivity contribution in [3.63, 3.8) is 0 Å². The molecule has 113 valence electrons. The molecule has 4 N–H and O–H groups in total. The minimum atomic E-state index is -1.03. The molecule has 2 heterocycles. The summed E-state index contributed by atoms with van der Waals surface area (Å²) in [5.41, 5.74) is 0. The van der Waals surface area contributed by atoms with Crippen molar-refractivity contribution in [1.82, 2.24) is 21.3 Å². The molecule has 0 aromatic heterocycles. The Hall–Kier alpha value is -0.701. The Morgan fingerprint density at radius 3 is 1.32 bits per heavy atom. The van der Waals surface area contributed by atoms with Gasteiger partial charge in [-0.1, -0.05) is 0 Å². The molecule has 0 saturated carbocycles. The molecule has 2 unspecified atom stereocenters. The first-order valence-corrected chi connectivity index (χ1v) is 5.91. The third-order valence-electron chi connectivity index (χ3n) is 2.65. The summed E-state index contributed by atoms with van der Waals surface area (Å²) >= 11 is 0. The van der Waals surface area contributed by atoms with Crippen molar-refractivity contribution >= 4 is 11.9 Å². The van der Waals surface area contributed by atoms with Crippen LogP contribution in [0.15, 0.2) is 0 Å². The fourth-order valence-corrected chi connectivity index (χ4v) is 1.64. The third-order valence-corrected chi connectivity index (χ3v) is 2.65. The van der Waals surface area contributed by atoms with E-state index in [1.807, 2.05) is 0 Å². The van der Waals surface area contributed by atoms with E-state index in [0.717, 1.165) is 13.1 Å². The molecule has 2 atom stereocenters. The maximum atomic E-state index is 10.1. The van der Waals surface area contributed by atoms with E-state index in [0.29, 0.717) is 26.2 Å². The van der Waals surface area contributed by atoms with E-state index in [9.17, 15) is 19.8 Å². The smallest absolute Gasteiger partial charge is 0.548 e. The SMILES string of the molecule is O=C([O-])C1CNCCN1.O=C([O-])C1CNCCN1.[Cu+2]. The summed E-state index contributed by atoms with van der Waals surface area (Å²) in [4.78, 5) is 20.3. The molecular formula is C10H18CuN4O4. The Morgan fingerprint density at radius 2 is 1.16 bits per heavy atom. The summed E-state index contributed by atoms with van der Waals surface area (Å²) in [5, 5.41) is 31.7. The van der Waals surface area contributed by atoms with Crippen LogP contribution >= 0.6 is 0 Å². The molecule has 2 fully saturated rings. The van der Waals surface area contributed by atoms with Gasteiger partial charge in [0.2, 0.25) is 0 Å². The number of piperazine rings is 2. The predicted molar refractivity (Wildman–Crippen MR) is 59.3 cm³/mol. The molecule has 0 aliphatic carbocycles. The zero-order valence-electron chi connectivity index (χ0n) is 10.3. The summed E-state index contributed by atoms with van der Waals surface area (Å²) in [6.07, 6.45) is 0. The van der Waals surface area contributed by atoms with Crippen LogP contribution in [0.5, 0.6) is 0 Å².